The average Bonchev–Trinajstić information content (AvgIpc) is 3.50. The molecule has 0 amide bonds. The number of nitrogens with zero attached hydrogens (tertiary/aromatic N) is 1. The van der Waals surface area contributed by atoms with Crippen molar-refractivity contribution < 1.29 is 0 Å². The van der Waals surface area contributed by atoms with E-state index in [9.17, 15) is 0 Å². The van der Waals surface area contributed by atoms with Crippen LogP contribution < -0.4 is 0 Å². The van der Waals surface area contributed by atoms with E-state index >= 15 is 0 Å². The van der Waals surface area contributed by atoms with Gasteiger partial charge in [0.25, 0.3) is 0 Å². The minimum absolute atomic E-state index is 0. The monoisotopic (exact) mass is 1290 g/mol. The SMILES string of the molecule is CC(C)=CCC/C(C)=C/CC/C(C)=C/CC/C(C)=C/CC/C(C)=C/CC/C(C)=C/CC/C(C)=C/CC/C(C)=C/CC/C(C)=C/CN(C)C/C=C(\C)CC/C=C(\C)CC/C=C(\C)CC/C=C(\C)CC/C=C(\C)CC/C=C(\C)CC/C=C(\C)CC/C=C(\C)CCC=C(C)C.Cl. The highest BCUT2D eigenvalue weighted by Gasteiger charge is 2.02. The smallest absolute Gasteiger partial charge is 0.0165 e. The first-order chi connectivity index (χ1) is 43.8. The van der Waals surface area contributed by atoms with Crippen molar-refractivity contribution in [3.8, 4) is 0 Å². The molecule has 0 aromatic rings. The first-order valence-electron chi connectivity index (χ1n) is 37.3. The van der Waals surface area contributed by atoms with Crippen LogP contribution in [0, 0.1) is 0 Å². The molecule has 0 fully saturated rings. The Labute approximate surface area is 587 Å². The lowest BCUT2D eigenvalue weighted by atomic mass is 10.0. The van der Waals surface area contributed by atoms with Gasteiger partial charge >= 0.3 is 0 Å². The first-order valence-corrected chi connectivity index (χ1v) is 37.3. The first kappa shape index (κ1) is 90.6. The van der Waals surface area contributed by atoms with E-state index in [1.54, 1.807) is 0 Å². The minimum Gasteiger partial charge on any atom is -0.299 e. The van der Waals surface area contributed by atoms with Crippen LogP contribution in [-0.4, -0.2) is 25.0 Å². The van der Waals surface area contributed by atoms with E-state index < -0.39 is 0 Å². The zero-order valence-electron chi connectivity index (χ0n) is 65.3. The fraction of sp³-hybridized carbons (Fsp3) is 0.604. The molecule has 0 rings (SSSR count). The molecule has 93 heavy (non-hydrogen) atoms. The number of likely N-dealkylation sites (N-methyl/N-ethyl adjacent to an activating group) is 1. The molecule has 0 bridgehead atoms. The predicted octanol–water partition coefficient (Wildman–Crippen LogP) is 30.9. The van der Waals surface area contributed by atoms with E-state index in [0.717, 1.165) is 116 Å². The molecule has 0 unspecified atom stereocenters. The van der Waals surface area contributed by atoms with Gasteiger partial charge in [-0.1, -0.05) is 210 Å². The van der Waals surface area contributed by atoms with Gasteiger partial charge in [-0.25, -0.2) is 0 Å². The topological polar surface area (TPSA) is 3.24 Å². The standard InChI is InChI=1S/C91H149N.ClH/c1-74(2)38-22-40-76(5)42-24-44-78(7)46-26-48-80(9)50-28-52-82(11)54-30-56-84(13)58-32-60-86(15)62-34-64-88(17)66-36-68-90(19)70-72-92(21)73-71-91(20)69-37-67-89(18)65-35-63-87(16)61-33-59-85(14)57-31-55-83(12)53-29-51-81(10)49-27-47-79(8)45-25-43-77(6)41-23-39-75(3)4;/h38-39,42-43,46-47,50-51,54-55,58-59,62-63,66-67,70-71H,22-37,40-41,44-45,48-49,52-53,56-57,60-61,64-65,68-69,72-73H2,1-21H3;1H/b76-42+,77-43+,78-46+,79-47+,80-50+,81-51+,82-54+,83-55+,84-58+,85-59+,86-62+,87-63+,88-66+,89-67+,90-70+,91-71+;. The van der Waals surface area contributed by atoms with Crippen molar-refractivity contribution in [2.24, 2.45) is 0 Å². The van der Waals surface area contributed by atoms with Crippen molar-refractivity contribution in [3.05, 3.63) is 210 Å². The van der Waals surface area contributed by atoms with Gasteiger partial charge in [0.1, 0.15) is 0 Å². The third kappa shape index (κ3) is 62.2. The molecule has 526 valence electrons. The van der Waals surface area contributed by atoms with Crippen LogP contribution in [-0.2, 0) is 0 Å². The summed E-state index contributed by atoms with van der Waals surface area (Å²) >= 11 is 0. The molecule has 0 spiro atoms. The molecule has 0 aliphatic carbocycles. The van der Waals surface area contributed by atoms with E-state index in [4.69, 9.17) is 0 Å². The van der Waals surface area contributed by atoms with Gasteiger partial charge in [0.2, 0.25) is 0 Å². The largest absolute Gasteiger partial charge is 0.299 e. The maximum absolute atomic E-state index is 2.48. The highest BCUT2D eigenvalue weighted by molar-refractivity contribution is 5.85. The number of hydrogen-bond acceptors (Lipinski definition) is 1. The number of rotatable bonds is 52. The van der Waals surface area contributed by atoms with Crippen LogP contribution in [0.2, 0.25) is 0 Å². The predicted molar refractivity (Wildman–Crippen MR) is 431 cm³/mol. The summed E-state index contributed by atoms with van der Waals surface area (Å²) < 4.78 is 0. The third-order valence-corrected chi connectivity index (χ3v) is 18.1. The van der Waals surface area contributed by atoms with Crippen LogP contribution in [0.5, 0.6) is 0 Å². The van der Waals surface area contributed by atoms with Gasteiger partial charge in [-0.05, 0) is 351 Å². The Morgan fingerprint density at radius 2 is 0.258 bits per heavy atom. The van der Waals surface area contributed by atoms with Gasteiger partial charge < -0.3 is 0 Å². The van der Waals surface area contributed by atoms with Crippen LogP contribution in [0.1, 0.15) is 344 Å². The Bertz CT molecular complexity index is 2430. The number of hydrogen-bond donors (Lipinski definition) is 0. The molecule has 0 heterocycles. The Morgan fingerprint density at radius 1 is 0.161 bits per heavy atom. The van der Waals surface area contributed by atoms with E-state index in [-0.39, 0.29) is 12.4 Å². The minimum atomic E-state index is 0. The zero-order valence-corrected chi connectivity index (χ0v) is 66.1. The summed E-state index contributed by atoms with van der Waals surface area (Å²) in [6.45, 7) is 47.7. The Morgan fingerprint density at radius 3 is 0.366 bits per heavy atom. The zero-order chi connectivity index (χ0) is 68.7. The summed E-state index contributed by atoms with van der Waals surface area (Å²) in [5.74, 6) is 0. The summed E-state index contributed by atoms with van der Waals surface area (Å²) in [5.41, 5.74) is 27.2. The molecule has 2 heteroatoms. The van der Waals surface area contributed by atoms with Crippen molar-refractivity contribution in [3.63, 3.8) is 0 Å². The molecule has 0 atom stereocenters. The quantitative estimate of drug-likeness (QED) is 0.0549. The number of allylic oxidation sites excluding steroid dienone is 34. The molecular weight excluding hydrogens is 1140 g/mol. The highest BCUT2D eigenvalue weighted by atomic mass is 35.5. The maximum atomic E-state index is 2.48. The molecule has 0 aromatic carbocycles. The molecule has 0 aromatic heterocycles. The Kier molecular flexibility index (Phi) is 58.5. The van der Waals surface area contributed by atoms with E-state index in [1.807, 2.05) is 0 Å². The molecule has 0 saturated carbocycles. The van der Waals surface area contributed by atoms with E-state index in [0.29, 0.717) is 0 Å². The second-order valence-corrected chi connectivity index (χ2v) is 29.2. The summed E-state index contributed by atoms with van der Waals surface area (Å²) in [6.07, 6.45) is 81.3. The van der Waals surface area contributed by atoms with Gasteiger partial charge in [-0.3, -0.25) is 4.90 Å². The van der Waals surface area contributed by atoms with Gasteiger partial charge in [0.15, 0.2) is 0 Å². The molecule has 0 saturated heterocycles. The fourth-order valence-corrected chi connectivity index (χ4v) is 11.2. The molecule has 0 aliphatic rings. The lowest BCUT2D eigenvalue weighted by Crippen LogP contribution is -2.18. The second-order valence-electron chi connectivity index (χ2n) is 29.2. The number of halogens is 1. The van der Waals surface area contributed by atoms with Crippen molar-refractivity contribution in [2.75, 3.05) is 20.1 Å². The maximum Gasteiger partial charge on any atom is 0.0165 e. The summed E-state index contributed by atoms with van der Waals surface area (Å²) in [7, 11) is 2.25. The van der Waals surface area contributed by atoms with Crippen LogP contribution in [0.25, 0.3) is 0 Å². The van der Waals surface area contributed by atoms with Gasteiger partial charge in [0.05, 0.1) is 0 Å². The molecule has 0 aliphatic heterocycles. The lowest BCUT2D eigenvalue weighted by molar-refractivity contribution is 0.410. The van der Waals surface area contributed by atoms with Crippen LogP contribution in [0.15, 0.2) is 210 Å². The average molecular weight is 1290 g/mol. The van der Waals surface area contributed by atoms with E-state index in [2.05, 4.69) is 260 Å². The van der Waals surface area contributed by atoms with Gasteiger partial charge in [-0.15, -0.1) is 12.4 Å². The third-order valence-electron chi connectivity index (χ3n) is 18.1. The van der Waals surface area contributed by atoms with Crippen molar-refractivity contribution in [1.82, 2.24) is 4.90 Å². The lowest BCUT2D eigenvalue weighted by Gasteiger charge is -2.13. The summed E-state index contributed by atoms with van der Waals surface area (Å²) in [6, 6.07) is 0. The highest BCUT2D eigenvalue weighted by Crippen LogP contribution is 2.22. The Balaban J connectivity index is 0. The van der Waals surface area contributed by atoms with Crippen LogP contribution >= 0.6 is 12.4 Å². The summed E-state index contributed by atoms with van der Waals surface area (Å²) in [5, 5.41) is 0. The normalized spacial score (nSPS) is 14.9. The van der Waals surface area contributed by atoms with Crippen molar-refractivity contribution in [1.29, 1.82) is 0 Å². The van der Waals surface area contributed by atoms with Crippen LogP contribution in [0.3, 0.4) is 0 Å². The fourth-order valence-electron chi connectivity index (χ4n) is 11.2. The molecule has 0 N–H and O–H groups in total. The van der Waals surface area contributed by atoms with Crippen LogP contribution in [0.4, 0.5) is 0 Å². The molecule has 1 nitrogen and oxygen atoms in total. The van der Waals surface area contributed by atoms with Gasteiger partial charge in [-0.2, -0.15) is 0 Å². The van der Waals surface area contributed by atoms with E-state index in [1.165, 1.54) is 203 Å². The molecule has 0 radical (unpaired) electrons. The van der Waals surface area contributed by atoms with Crippen molar-refractivity contribution >= 4 is 12.4 Å². The second kappa shape index (κ2) is 60.0. The van der Waals surface area contributed by atoms with Gasteiger partial charge in [0, 0.05) is 13.1 Å². The molecular formula is C91H150ClN. The summed E-state index contributed by atoms with van der Waals surface area (Å²) in [4.78, 5) is 2.43. The Hall–Kier alpha value is -4.43. The van der Waals surface area contributed by atoms with Crippen molar-refractivity contribution in [2.45, 2.75) is 344 Å².